The van der Waals surface area contributed by atoms with Gasteiger partial charge in [-0.3, -0.25) is 9.11 Å². The molecule has 14 heteroatoms. The molecule has 170 valence electrons. The van der Waals surface area contributed by atoms with Gasteiger partial charge in [-0.05, 0) is 38.1 Å². The number of hydrogen-bond donors (Lipinski definition) is 2. The van der Waals surface area contributed by atoms with Crippen molar-refractivity contribution in [3.05, 3.63) is 85.0 Å². The van der Waals surface area contributed by atoms with E-state index in [2.05, 4.69) is 20.2 Å². The predicted octanol–water partition coefficient (Wildman–Crippen LogP) is 1.66. The Hall–Kier alpha value is -3.46. The van der Waals surface area contributed by atoms with Crippen molar-refractivity contribution in [3.63, 3.8) is 0 Å². The summed E-state index contributed by atoms with van der Waals surface area (Å²) in [5.74, 6) is 0. The predicted molar refractivity (Wildman–Crippen MR) is 113 cm³/mol. The lowest BCUT2D eigenvalue weighted by atomic mass is 10.2. The third-order valence-corrected chi connectivity index (χ3v) is 5.40. The Bertz CT molecular complexity index is 1200. The maximum absolute atomic E-state index is 10.5. The number of rotatable bonds is 3. The fourth-order valence-electron chi connectivity index (χ4n) is 2.04. The molecule has 4 aromatic rings. The maximum Gasteiger partial charge on any atom is 0.294 e. The molecule has 12 nitrogen and oxygen atoms in total. The van der Waals surface area contributed by atoms with Gasteiger partial charge in [-0.2, -0.15) is 16.8 Å². The molecule has 0 aliphatic rings. The normalized spacial score (nSPS) is 11.0. The van der Waals surface area contributed by atoms with E-state index >= 15 is 0 Å². The lowest BCUT2D eigenvalue weighted by molar-refractivity contribution is 0.481. The molecule has 2 heterocycles. The van der Waals surface area contributed by atoms with Crippen LogP contribution in [-0.4, -0.2) is 55.7 Å². The lowest BCUT2D eigenvalue weighted by Gasteiger charge is -1.95. The molecule has 0 bridgehead atoms. The van der Waals surface area contributed by atoms with E-state index in [1.54, 1.807) is 24.3 Å². The van der Waals surface area contributed by atoms with Gasteiger partial charge < -0.3 is 0 Å². The highest BCUT2D eigenvalue weighted by Crippen LogP contribution is 2.09. The zero-order valence-corrected chi connectivity index (χ0v) is 18.6. The Morgan fingerprint density at radius 3 is 1.16 bits per heavy atom. The van der Waals surface area contributed by atoms with Gasteiger partial charge in [0.05, 0.1) is 9.79 Å². The van der Waals surface area contributed by atoms with Gasteiger partial charge in [0.25, 0.3) is 20.2 Å². The maximum atomic E-state index is 10.5. The zero-order chi connectivity index (χ0) is 23.8. The van der Waals surface area contributed by atoms with Gasteiger partial charge in [-0.15, -0.1) is 19.8 Å². The van der Waals surface area contributed by atoms with Crippen LogP contribution in [0.3, 0.4) is 0 Å². The summed E-state index contributed by atoms with van der Waals surface area (Å²) in [7, 11) is -8.04. The molecule has 0 spiro atoms. The van der Waals surface area contributed by atoms with E-state index in [1.165, 1.54) is 59.2 Å². The fraction of sp³-hybridized carbons (Fsp3) is 0.111. The minimum atomic E-state index is -4.02. The van der Waals surface area contributed by atoms with Gasteiger partial charge in [0.15, 0.2) is 0 Å². The van der Waals surface area contributed by atoms with Crippen LogP contribution in [-0.2, 0) is 20.2 Å². The van der Waals surface area contributed by atoms with Gasteiger partial charge >= 0.3 is 0 Å². The molecule has 2 aromatic heterocycles. The van der Waals surface area contributed by atoms with Crippen LogP contribution in [0.4, 0.5) is 0 Å². The van der Waals surface area contributed by atoms with Gasteiger partial charge in [-0.25, -0.2) is 9.97 Å². The first-order valence-corrected chi connectivity index (χ1v) is 11.6. The third kappa shape index (κ3) is 7.99. The minimum Gasteiger partial charge on any atom is -0.282 e. The van der Waals surface area contributed by atoms with E-state index in [4.69, 9.17) is 9.11 Å². The molecule has 0 saturated carbocycles. The summed E-state index contributed by atoms with van der Waals surface area (Å²) in [6, 6.07) is 12.0. The smallest absolute Gasteiger partial charge is 0.282 e. The molecule has 0 aliphatic heterocycles. The van der Waals surface area contributed by atoms with Crippen molar-refractivity contribution >= 4 is 20.2 Å². The lowest BCUT2D eigenvalue weighted by Crippen LogP contribution is -2.09. The summed E-state index contributed by atoms with van der Waals surface area (Å²) in [6.07, 6.45) is 5.94. The number of nitrogens with zero attached hydrogens (tertiary/aromatic N) is 6. The molecule has 4 rings (SSSR count). The van der Waals surface area contributed by atoms with Crippen LogP contribution < -0.4 is 0 Å². The van der Waals surface area contributed by atoms with Crippen LogP contribution in [0.1, 0.15) is 11.1 Å². The molecule has 32 heavy (non-hydrogen) atoms. The highest BCUT2D eigenvalue weighted by Gasteiger charge is 2.07. The van der Waals surface area contributed by atoms with Gasteiger partial charge in [-0.1, -0.05) is 35.4 Å². The first kappa shape index (κ1) is 24.8. The number of benzene rings is 2. The molecule has 0 fully saturated rings. The monoisotopic (exact) mass is 480 g/mol. The average Bonchev–Trinajstić information content (AvgIpc) is 3.42. The van der Waals surface area contributed by atoms with E-state index in [1.807, 2.05) is 13.8 Å². The van der Waals surface area contributed by atoms with Crippen LogP contribution in [0.2, 0.25) is 0 Å². The molecule has 0 unspecified atom stereocenters. The summed E-state index contributed by atoms with van der Waals surface area (Å²) < 4.78 is 59.1. The van der Waals surface area contributed by atoms with Crippen molar-refractivity contribution in [2.24, 2.45) is 0 Å². The van der Waals surface area contributed by atoms with Crippen molar-refractivity contribution in [1.82, 2.24) is 29.7 Å². The summed E-state index contributed by atoms with van der Waals surface area (Å²) in [4.78, 5) is 10.3. The first-order valence-electron chi connectivity index (χ1n) is 8.75. The number of aromatic nitrogens is 6. The second kappa shape index (κ2) is 10.7. The highest BCUT2D eigenvalue weighted by atomic mass is 32.2. The quantitative estimate of drug-likeness (QED) is 0.411. The number of aryl methyl sites for hydroxylation is 2. The Morgan fingerprint density at radius 1 is 0.625 bits per heavy atom. The van der Waals surface area contributed by atoms with Crippen LogP contribution >= 0.6 is 0 Å². The summed E-state index contributed by atoms with van der Waals surface area (Å²) >= 11 is 0. The SMILES string of the molecule is Cc1ccc(S(=O)(=O)O)cc1.Cc1ccc(S(=O)(=O)O)cc1.c1ncn(-n2cncn2)n1. The number of hydrogen-bond acceptors (Lipinski definition) is 8. The molecule has 0 aliphatic carbocycles. The minimum absolute atomic E-state index is 0.0666. The summed E-state index contributed by atoms with van der Waals surface area (Å²) in [6.45, 7) is 3.68. The largest absolute Gasteiger partial charge is 0.294 e. The van der Waals surface area contributed by atoms with Crippen molar-refractivity contribution in [2.45, 2.75) is 23.6 Å². The Labute approximate surface area is 184 Å². The first-order chi connectivity index (χ1) is 15.0. The molecule has 2 aromatic carbocycles. The summed E-state index contributed by atoms with van der Waals surface area (Å²) in [5.41, 5.74) is 1.91. The van der Waals surface area contributed by atoms with Crippen molar-refractivity contribution in [1.29, 1.82) is 0 Å². The van der Waals surface area contributed by atoms with Gasteiger partial charge in [0.2, 0.25) is 0 Å². The molecule has 0 radical (unpaired) electrons. The van der Waals surface area contributed by atoms with Crippen LogP contribution in [0, 0.1) is 13.8 Å². The Kier molecular flexibility index (Phi) is 8.31. The van der Waals surface area contributed by atoms with Crippen molar-refractivity contribution in [2.75, 3.05) is 0 Å². The summed E-state index contributed by atoms with van der Waals surface area (Å²) in [5, 5.41) is 7.65. The average molecular weight is 481 g/mol. The molecular weight excluding hydrogens is 460 g/mol. The van der Waals surface area contributed by atoms with E-state index < -0.39 is 20.2 Å². The highest BCUT2D eigenvalue weighted by molar-refractivity contribution is 7.86. The zero-order valence-electron chi connectivity index (χ0n) is 17.0. The second-order valence-electron chi connectivity index (χ2n) is 6.21. The van der Waals surface area contributed by atoms with E-state index in [9.17, 15) is 16.8 Å². The van der Waals surface area contributed by atoms with Crippen LogP contribution in [0.5, 0.6) is 0 Å². The fourth-order valence-corrected chi connectivity index (χ4v) is 3.00. The van der Waals surface area contributed by atoms with E-state index in [-0.39, 0.29) is 9.79 Å². The molecular formula is C18H20N6O6S2. The van der Waals surface area contributed by atoms with Gasteiger partial charge in [0.1, 0.15) is 25.3 Å². The Morgan fingerprint density at radius 2 is 0.938 bits per heavy atom. The third-order valence-electron chi connectivity index (χ3n) is 3.66. The van der Waals surface area contributed by atoms with Crippen molar-refractivity contribution < 1.29 is 25.9 Å². The topological polar surface area (TPSA) is 170 Å². The second-order valence-corrected chi connectivity index (χ2v) is 9.05. The standard InChI is InChI=1S/2C7H8O3S.C4H4N6/c2*1-6-2-4-7(5-3-6)11(8,9)10;1-5-3-9(7-1)10-4-6-2-8-10/h2*2-5H,1H3,(H,8,9,10);1-4H. The molecule has 2 N–H and O–H groups in total. The molecule has 0 atom stereocenters. The van der Waals surface area contributed by atoms with Crippen LogP contribution in [0.25, 0.3) is 0 Å². The van der Waals surface area contributed by atoms with E-state index in [0.717, 1.165) is 11.1 Å². The van der Waals surface area contributed by atoms with E-state index in [0.29, 0.717) is 0 Å². The van der Waals surface area contributed by atoms with Crippen molar-refractivity contribution in [3.8, 4) is 0 Å². The Balaban J connectivity index is 0.000000170. The van der Waals surface area contributed by atoms with Gasteiger partial charge in [0, 0.05) is 0 Å². The molecule has 0 saturated heterocycles. The van der Waals surface area contributed by atoms with Crippen LogP contribution in [0.15, 0.2) is 83.6 Å². The molecule has 0 amide bonds.